The third-order valence-corrected chi connectivity index (χ3v) is 6.85. The SMILES string of the molecule is CCCc1ccc(C#N)c(SCCC(=O)Nc2sc3c(c2C#N)CCCC3)n1. The summed E-state index contributed by atoms with van der Waals surface area (Å²) in [5.74, 6) is 0.432. The molecule has 0 saturated heterocycles. The Morgan fingerprint density at radius 2 is 2.11 bits per heavy atom. The molecule has 0 fully saturated rings. The highest BCUT2D eigenvalue weighted by Crippen LogP contribution is 2.37. The maximum Gasteiger partial charge on any atom is 0.225 e. The first-order chi connectivity index (χ1) is 13.7. The summed E-state index contributed by atoms with van der Waals surface area (Å²) in [6.07, 6.45) is 6.36. The molecule has 0 spiro atoms. The molecular formula is C21H22N4OS2. The Morgan fingerprint density at radius 1 is 1.29 bits per heavy atom. The molecule has 2 heterocycles. The van der Waals surface area contributed by atoms with E-state index in [1.165, 1.54) is 16.6 Å². The van der Waals surface area contributed by atoms with Crippen molar-refractivity contribution in [3.8, 4) is 12.1 Å². The number of nitrogens with zero attached hydrogens (tertiary/aromatic N) is 3. The summed E-state index contributed by atoms with van der Waals surface area (Å²) in [4.78, 5) is 18.2. The molecule has 1 aliphatic rings. The molecule has 0 radical (unpaired) electrons. The first-order valence-electron chi connectivity index (χ1n) is 9.53. The van der Waals surface area contributed by atoms with E-state index in [2.05, 4.69) is 29.4 Å². The van der Waals surface area contributed by atoms with Crippen molar-refractivity contribution in [2.45, 2.75) is 56.9 Å². The fraction of sp³-hybridized carbons (Fsp3) is 0.429. The summed E-state index contributed by atoms with van der Waals surface area (Å²) in [5, 5.41) is 23.1. The van der Waals surface area contributed by atoms with Gasteiger partial charge in [-0.2, -0.15) is 10.5 Å². The second-order valence-electron chi connectivity index (χ2n) is 6.69. The molecule has 28 heavy (non-hydrogen) atoms. The molecule has 2 aromatic heterocycles. The zero-order valence-electron chi connectivity index (χ0n) is 15.9. The van der Waals surface area contributed by atoms with Crippen LogP contribution in [0.25, 0.3) is 0 Å². The minimum Gasteiger partial charge on any atom is -0.317 e. The van der Waals surface area contributed by atoms with Gasteiger partial charge in [0.05, 0.1) is 11.1 Å². The third kappa shape index (κ3) is 4.73. The average Bonchev–Trinajstić information content (AvgIpc) is 3.05. The Bertz CT molecular complexity index is 953. The van der Waals surface area contributed by atoms with Gasteiger partial charge >= 0.3 is 0 Å². The van der Waals surface area contributed by atoms with Crippen molar-refractivity contribution < 1.29 is 4.79 Å². The molecule has 0 unspecified atom stereocenters. The van der Waals surface area contributed by atoms with Gasteiger partial charge in [0.25, 0.3) is 0 Å². The van der Waals surface area contributed by atoms with E-state index >= 15 is 0 Å². The van der Waals surface area contributed by atoms with E-state index in [1.54, 1.807) is 17.4 Å². The molecule has 1 N–H and O–H groups in total. The fourth-order valence-electron chi connectivity index (χ4n) is 3.27. The van der Waals surface area contributed by atoms with Crippen molar-refractivity contribution >= 4 is 34.0 Å². The van der Waals surface area contributed by atoms with Gasteiger partial charge in [-0.15, -0.1) is 23.1 Å². The number of nitrogens with one attached hydrogen (secondary N) is 1. The molecule has 0 aromatic carbocycles. The molecule has 0 aliphatic heterocycles. The van der Waals surface area contributed by atoms with Gasteiger partial charge in [0.1, 0.15) is 22.2 Å². The van der Waals surface area contributed by atoms with E-state index < -0.39 is 0 Å². The number of fused-ring (bicyclic) bond motifs is 1. The quantitative estimate of drug-likeness (QED) is 0.660. The molecule has 5 nitrogen and oxygen atoms in total. The van der Waals surface area contributed by atoms with Crippen LogP contribution in [0.5, 0.6) is 0 Å². The predicted molar refractivity (Wildman–Crippen MR) is 113 cm³/mol. The van der Waals surface area contributed by atoms with Crippen LogP contribution in [0, 0.1) is 22.7 Å². The van der Waals surface area contributed by atoms with E-state index in [0.29, 0.717) is 33.3 Å². The number of aryl methyl sites for hydroxylation is 2. The summed E-state index contributed by atoms with van der Waals surface area (Å²) in [6, 6.07) is 8.13. The number of rotatable bonds is 7. The van der Waals surface area contributed by atoms with Gasteiger partial charge in [-0.3, -0.25) is 4.79 Å². The van der Waals surface area contributed by atoms with Crippen molar-refractivity contribution in [3.63, 3.8) is 0 Å². The van der Waals surface area contributed by atoms with Crippen molar-refractivity contribution in [2.24, 2.45) is 0 Å². The lowest BCUT2D eigenvalue weighted by Crippen LogP contribution is -2.12. The molecule has 3 rings (SSSR count). The van der Waals surface area contributed by atoms with Crippen molar-refractivity contribution in [1.29, 1.82) is 10.5 Å². The Morgan fingerprint density at radius 3 is 2.86 bits per heavy atom. The van der Waals surface area contributed by atoms with E-state index in [9.17, 15) is 15.3 Å². The molecule has 2 aromatic rings. The molecular weight excluding hydrogens is 388 g/mol. The Labute approximate surface area is 173 Å². The first kappa shape index (κ1) is 20.4. The van der Waals surface area contributed by atoms with Crippen LogP contribution in [0.2, 0.25) is 0 Å². The molecule has 7 heteroatoms. The highest BCUT2D eigenvalue weighted by Gasteiger charge is 2.21. The largest absolute Gasteiger partial charge is 0.317 e. The normalized spacial score (nSPS) is 12.7. The number of carbonyl (C=O) groups is 1. The van der Waals surface area contributed by atoms with Crippen LogP contribution in [-0.2, 0) is 24.1 Å². The molecule has 0 saturated carbocycles. The van der Waals surface area contributed by atoms with Gasteiger partial charge in [0.2, 0.25) is 5.91 Å². The number of hydrogen-bond donors (Lipinski definition) is 1. The van der Waals surface area contributed by atoms with Crippen LogP contribution in [0.4, 0.5) is 5.00 Å². The Balaban J connectivity index is 1.60. The highest BCUT2D eigenvalue weighted by atomic mass is 32.2. The lowest BCUT2D eigenvalue weighted by Gasteiger charge is -2.09. The summed E-state index contributed by atoms with van der Waals surface area (Å²) in [5.41, 5.74) is 3.28. The van der Waals surface area contributed by atoms with Gasteiger partial charge in [0.15, 0.2) is 0 Å². The topological polar surface area (TPSA) is 89.6 Å². The minimum absolute atomic E-state index is 0.106. The number of amides is 1. The van der Waals surface area contributed by atoms with Crippen LogP contribution < -0.4 is 5.32 Å². The summed E-state index contributed by atoms with van der Waals surface area (Å²) in [6.45, 7) is 2.09. The Hall–Kier alpha value is -2.35. The Kier molecular flexibility index (Phi) is 7.08. The maximum atomic E-state index is 12.4. The molecule has 0 atom stereocenters. The summed E-state index contributed by atoms with van der Waals surface area (Å²) in [7, 11) is 0. The summed E-state index contributed by atoms with van der Waals surface area (Å²) < 4.78 is 0. The monoisotopic (exact) mass is 410 g/mol. The van der Waals surface area contributed by atoms with Crippen LogP contribution in [0.15, 0.2) is 17.2 Å². The second kappa shape index (κ2) is 9.73. The number of aromatic nitrogens is 1. The maximum absolute atomic E-state index is 12.4. The second-order valence-corrected chi connectivity index (χ2v) is 8.88. The van der Waals surface area contributed by atoms with E-state index in [4.69, 9.17) is 0 Å². The third-order valence-electron chi connectivity index (χ3n) is 4.65. The molecule has 144 valence electrons. The van der Waals surface area contributed by atoms with Crippen molar-refractivity contribution in [3.05, 3.63) is 39.4 Å². The van der Waals surface area contributed by atoms with Gasteiger partial charge in [-0.1, -0.05) is 13.3 Å². The van der Waals surface area contributed by atoms with E-state index in [0.717, 1.165) is 49.8 Å². The average molecular weight is 411 g/mol. The molecule has 0 bridgehead atoms. The lowest BCUT2D eigenvalue weighted by atomic mass is 9.96. The van der Waals surface area contributed by atoms with Crippen molar-refractivity contribution in [2.75, 3.05) is 11.1 Å². The number of carbonyl (C=O) groups excluding carboxylic acids is 1. The van der Waals surface area contributed by atoms with Crippen LogP contribution in [0.1, 0.15) is 59.9 Å². The number of pyridine rings is 1. The van der Waals surface area contributed by atoms with Crippen molar-refractivity contribution in [1.82, 2.24) is 4.98 Å². The van der Waals surface area contributed by atoms with Gasteiger partial charge in [0, 0.05) is 22.7 Å². The number of thioether (sulfide) groups is 1. The minimum atomic E-state index is -0.106. The molecule has 1 aliphatic carbocycles. The smallest absolute Gasteiger partial charge is 0.225 e. The number of hydrogen-bond acceptors (Lipinski definition) is 6. The van der Waals surface area contributed by atoms with E-state index in [-0.39, 0.29) is 5.91 Å². The number of anilines is 1. The lowest BCUT2D eigenvalue weighted by molar-refractivity contribution is -0.115. The van der Waals surface area contributed by atoms with E-state index in [1.807, 2.05) is 6.07 Å². The van der Waals surface area contributed by atoms with Gasteiger partial charge < -0.3 is 5.32 Å². The fourth-order valence-corrected chi connectivity index (χ4v) is 5.46. The van der Waals surface area contributed by atoms with Gasteiger partial charge in [-0.25, -0.2) is 4.98 Å². The zero-order valence-corrected chi connectivity index (χ0v) is 17.5. The standard InChI is InChI=1S/C21H22N4OS2/c1-2-5-15-9-8-14(12-22)20(24-15)27-11-10-19(26)25-21-17(13-23)16-6-3-4-7-18(16)28-21/h8-9H,2-7,10-11H2,1H3,(H,25,26). The number of thiophene rings is 1. The first-order valence-corrected chi connectivity index (χ1v) is 11.3. The predicted octanol–water partition coefficient (Wildman–Crippen LogP) is 4.84. The van der Waals surface area contributed by atoms with Crippen LogP contribution >= 0.6 is 23.1 Å². The van der Waals surface area contributed by atoms with Gasteiger partial charge in [-0.05, 0) is 49.8 Å². The zero-order chi connectivity index (χ0) is 19.9. The molecule has 1 amide bonds. The summed E-state index contributed by atoms with van der Waals surface area (Å²) >= 11 is 2.97. The van der Waals surface area contributed by atoms with Crippen LogP contribution in [0.3, 0.4) is 0 Å². The highest BCUT2D eigenvalue weighted by molar-refractivity contribution is 7.99. The number of nitriles is 2. The van der Waals surface area contributed by atoms with Crippen LogP contribution in [-0.4, -0.2) is 16.6 Å².